The van der Waals surface area contributed by atoms with Gasteiger partial charge in [-0.1, -0.05) is 83.1 Å². The average Bonchev–Trinajstić information content (AvgIpc) is 3.07. The minimum atomic E-state index is 0. The van der Waals surface area contributed by atoms with E-state index in [1.807, 2.05) is 0 Å². The van der Waals surface area contributed by atoms with Crippen molar-refractivity contribution < 1.29 is 33.0 Å². The summed E-state index contributed by atoms with van der Waals surface area (Å²) in [7, 11) is 0. The van der Waals surface area contributed by atoms with Crippen LogP contribution in [0.1, 0.15) is 162 Å². The number of nitrogens with zero attached hydrogens (tertiary/aromatic N) is 4. The van der Waals surface area contributed by atoms with Crippen LogP contribution in [-0.2, 0) is 33.0 Å². The van der Waals surface area contributed by atoms with Crippen molar-refractivity contribution in [3.63, 3.8) is 0 Å². The Labute approximate surface area is 353 Å². The Bertz CT molecular complexity index is 1290. The van der Waals surface area contributed by atoms with Gasteiger partial charge in [0, 0.05) is 33.0 Å². The fourth-order valence-corrected chi connectivity index (χ4v) is 14.5. The maximum atomic E-state index is 5.20. The second kappa shape index (κ2) is 15.4. The topological polar surface area (TPSA) is 49.4 Å². The number of hydrogen-bond acceptors (Lipinski definition) is 4. The minimum Gasteiger partial charge on any atom is -0.285 e. The van der Waals surface area contributed by atoms with Crippen LogP contribution in [0.25, 0.3) is 0 Å². The van der Waals surface area contributed by atoms with Gasteiger partial charge in [0.1, 0.15) is 0 Å². The fourth-order valence-electron chi connectivity index (χ4n) is 14.5. The van der Waals surface area contributed by atoms with Crippen molar-refractivity contribution in [2.75, 3.05) is 0 Å². The van der Waals surface area contributed by atoms with Crippen LogP contribution in [0.5, 0.6) is 0 Å². The zero-order chi connectivity index (χ0) is 38.0. The molecule has 54 heavy (non-hydrogen) atoms. The van der Waals surface area contributed by atoms with Crippen LogP contribution in [0, 0.1) is 92.7 Å². The Morgan fingerprint density at radius 1 is 0.333 bits per heavy atom. The molecule has 12 rings (SSSR count). The van der Waals surface area contributed by atoms with Crippen LogP contribution in [0.4, 0.5) is 0 Å². The minimum absolute atomic E-state index is 0. The van der Waals surface area contributed by atoms with E-state index in [2.05, 4.69) is 111 Å². The van der Waals surface area contributed by atoms with Gasteiger partial charge in [0.2, 0.25) is 0 Å². The summed E-state index contributed by atoms with van der Waals surface area (Å²) in [4.78, 5) is 20.8. The Morgan fingerprint density at radius 2 is 0.500 bits per heavy atom. The molecule has 312 valence electrons. The molecule has 0 unspecified atom stereocenters. The first-order valence-electron chi connectivity index (χ1n) is 22.2. The van der Waals surface area contributed by atoms with Gasteiger partial charge in [-0.05, 0) is 172 Å². The average molecular weight is 831 g/mol. The summed E-state index contributed by atoms with van der Waals surface area (Å²) >= 11 is 0. The molecular formula is C48H80N4Ni2. The molecule has 0 aliphatic heterocycles. The summed E-state index contributed by atoms with van der Waals surface area (Å²) in [5, 5.41) is 0. The van der Waals surface area contributed by atoms with Crippen LogP contribution in [-0.4, -0.2) is 47.0 Å². The maximum Gasteiger partial charge on any atom is 0.0534 e. The molecule has 0 spiro atoms. The van der Waals surface area contributed by atoms with E-state index >= 15 is 0 Å². The Morgan fingerprint density at radius 3 is 0.630 bits per heavy atom. The third kappa shape index (κ3) is 7.21. The molecule has 16 atom stereocenters. The molecule has 0 radical (unpaired) electrons. The zero-order valence-electron chi connectivity index (χ0n) is 37.3. The van der Waals surface area contributed by atoms with Crippen molar-refractivity contribution in [3.8, 4) is 0 Å². The zero-order valence-corrected chi connectivity index (χ0v) is 39.3. The van der Waals surface area contributed by atoms with E-state index in [0.717, 1.165) is 71.0 Å². The molecule has 12 aliphatic rings. The van der Waals surface area contributed by atoms with E-state index in [-0.39, 0.29) is 33.0 Å². The van der Waals surface area contributed by atoms with Crippen molar-refractivity contribution >= 4 is 22.8 Å². The first-order valence-corrected chi connectivity index (χ1v) is 22.2. The van der Waals surface area contributed by atoms with Gasteiger partial charge in [-0.3, -0.25) is 20.0 Å². The van der Waals surface area contributed by atoms with E-state index in [1.54, 1.807) is 0 Å². The maximum absolute atomic E-state index is 5.20. The second-order valence-electron chi connectivity index (χ2n) is 22.9. The molecule has 12 aliphatic carbocycles. The molecule has 0 aromatic heterocycles. The standard InChI is InChI=1S/2C24H40N2.2Ni/c2*1-13-19-9-17(23(19,5)6)11-21(13)25-15(3)16(4)26-22-12-18-10-20(14(22)2)24(18,7)8;;/h2*13-14,17-22H,9-12H2,1-8H3;;/t2*13-,14-,17+,18+,19-,20-,21-,22-;;/m11../s1. The molecule has 6 heteroatoms. The van der Waals surface area contributed by atoms with E-state index in [0.29, 0.717) is 45.8 Å². The summed E-state index contributed by atoms with van der Waals surface area (Å²) in [5.41, 5.74) is 7.00. The smallest absolute Gasteiger partial charge is 0.0534 e. The van der Waals surface area contributed by atoms with Crippen LogP contribution in [0.15, 0.2) is 20.0 Å². The van der Waals surface area contributed by atoms with Crippen molar-refractivity contribution in [3.05, 3.63) is 0 Å². The van der Waals surface area contributed by atoms with Gasteiger partial charge in [-0.15, -0.1) is 0 Å². The van der Waals surface area contributed by atoms with Crippen molar-refractivity contribution in [1.82, 2.24) is 0 Å². The third-order valence-electron chi connectivity index (χ3n) is 19.7. The molecule has 8 bridgehead atoms. The van der Waals surface area contributed by atoms with Crippen LogP contribution < -0.4 is 0 Å². The second-order valence-corrected chi connectivity index (χ2v) is 22.9. The van der Waals surface area contributed by atoms with Crippen LogP contribution in [0.2, 0.25) is 0 Å². The summed E-state index contributed by atoms with van der Waals surface area (Å²) in [6.07, 6.45) is 10.9. The fraction of sp³-hybridized carbons (Fsp3) is 0.917. The summed E-state index contributed by atoms with van der Waals surface area (Å²) in [6.45, 7) is 38.3. The van der Waals surface area contributed by atoms with Gasteiger partial charge >= 0.3 is 0 Å². The molecular weight excluding hydrogens is 750 g/mol. The molecule has 4 nitrogen and oxygen atoms in total. The van der Waals surface area contributed by atoms with Gasteiger partial charge in [0.05, 0.1) is 47.0 Å². The van der Waals surface area contributed by atoms with E-state index < -0.39 is 0 Å². The van der Waals surface area contributed by atoms with Crippen molar-refractivity contribution in [1.29, 1.82) is 0 Å². The molecule has 12 saturated carbocycles. The summed E-state index contributed by atoms with van der Waals surface area (Å²) in [5.74, 6) is 9.90. The molecule has 0 saturated heterocycles. The predicted octanol–water partition coefficient (Wildman–Crippen LogP) is 12.1. The molecule has 12 fully saturated rings. The Balaban J connectivity index is 0.000000200. The van der Waals surface area contributed by atoms with Gasteiger partial charge in [0.25, 0.3) is 0 Å². The monoisotopic (exact) mass is 829 g/mol. The van der Waals surface area contributed by atoms with E-state index in [4.69, 9.17) is 20.0 Å². The van der Waals surface area contributed by atoms with Crippen LogP contribution >= 0.6 is 0 Å². The molecule has 0 amide bonds. The number of fused-ring (bicyclic) bond motifs is 8. The SMILES string of the molecule is CC(=N[C@@H]1C[C@@H]2C[C@H]([C@H]1C)C2(C)C)C(C)=N[C@@H]1C[C@@H]2C[C@H]([C@H]1C)C2(C)C.CC(=N[C@@H]1C[C@@H]2C[C@H]([C@H]1C)C2(C)C)C(C)=N[C@@H]1C[C@@H]2C[C@H]([C@H]1C)C2(C)C.[Ni].[Ni]. The van der Waals surface area contributed by atoms with E-state index in [9.17, 15) is 0 Å². The first-order chi connectivity index (χ1) is 24.1. The Kier molecular flexibility index (Phi) is 12.7. The van der Waals surface area contributed by atoms with Gasteiger partial charge in [-0.25, -0.2) is 0 Å². The Hall–Kier alpha value is -0.333. The largest absolute Gasteiger partial charge is 0.285 e. The molecule has 0 N–H and O–H groups in total. The van der Waals surface area contributed by atoms with Crippen molar-refractivity contribution in [2.45, 2.75) is 186 Å². The third-order valence-corrected chi connectivity index (χ3v) is 19.7. The number of aliphatic imine (C=N–C) groups is 4. The van der Waals surface area contributed by atoms with E-state index in [1.165, 1.54) is 74.2 Å². The van der Waals surface area contributed by atoms with Crippen LogP contribution in [0.3, 0.4) is 0 Å². The summed E-state index contributed by atoms with van der Waals surface area (Å²) < 4.78 is 0. The normalized spacial score (nSPS) is 47.4. The molecule has 0 aromatic carbocycles. The number of rotatable bonds is 6. The predicted molar refractivity (Wildman–Crippen MR) is 224 cm³/mol. The van der Waals surface area contributed by atoms with Gasteiger partial charge < -0.3 is 0 Å². The quantitative estimate of drug-likeness (QED) is 0.189. The molecule has 0 aromatic rings. The number of hydrogen-bond donors (Lipinski definition) is 0. The van der Waals surface area contributed by atoms with Crippen molar-refractivity contribution in [2.24, 2.45) is 113 Å². The van der Waals surface area contributed by atoms with Gasteiger partial charge in [0.15, 0.2) is 0 Å². The summed E-state index contributed by atoms with van der Waals surface area (Å²) in [6, 6.07) is 2.09. The van der Waals surface area contributed by atoms with Gasteiger partial charge in [-0.2, -0.15) is 0 Å². The molecule has 0 heterocycles. The first kappa shape index (κ1) is 44.8.